The van der Waals surface area contributed by atoms with Crippen LogP contribution in [0.15, 0.2) is 54.9 Å². The Labute approximate surface area is 200 Å². The second-order valence-electron chi connectivity index (χ2n) is 8.31. The summed E-state index contributed by atoms with van der Waals surface area (Å²) in [6.45, 7) is 1.06. The van der Waals surface area contributed by atoms with Crippen molar-refractivity contribution >= 4 is 22.8 Å². The molecule has 0 aliphatic carbocycles. The van der Waals surface area contributed by atoms with Gasteiger partial charge in [-0.05, 0) is 49.2 Å². The lowest BCUT2D eigenvalue weighted by molar-refractivity contribution is -0.131. The first-order valence-corrected chi connectivity index (χ1v) is 11.2. The Kier molecular flexibility index (Phi) is 5.97. The third-order valence-electron chi connectivity index (χ3n) is 6.00. The maximum absolute atomic E-state index is 13.5. The van der Waals surface area contributed by atoms with E-state index in [9.17, 15) is 9.18 Å². The Morgan fingerprint density at radius 3 is 2.80 bits per heavy atom. The minimum atomic E-state index is -0.373. The first-order valence-electron chi connectivity index (χ1n) is 11.2. The predicted octanol–water partition coefficient (Wildman–Crippen LogP) is 4.08. The number of hydrogen-bond acceptors (Lipinski definition) is 7. The number of rotatable bonds is 5. The molecule has 1 amide bonds. The van der Waals surface area contributed by atoms with Crippen LogP contribution >= 0.6 is 0 Å². The lowest BCUT2D eigenvalue weighted by Gasteiger charge is -2.32. The van der Waals surface area contributed by atoms with Crippen molar-refractivity contribution < 1.29 is 13.9 Å². The molecule has 0 radical (unpaired) electrons. The number of nitrogens with zero attached hydrogens (tertiary/aromatic N) is 6. The van der Waals surface area contributed by atoms with Crippen molar-refractivity contribution in [2.24, 2.45) is 0 Å². The van der Waals surface area contributed by atoms with E-state index in [1.807, 2.05) is 22.9 Å². The third kappa shape index (κ3) is 4.48. The molecule has 2 N–H and O–H groups in total. The highest BCUT2D eigenvalue weighted by molar-refractivity contribution is 5.98. The second-order valence-corrected chi connectivity index (χ2v) is 8.31. The Hall–Kier alpha value is -4.52. The summed E-state index contributed by atoms with van der Waals surface area (Å²) < 4.78 is 21.0. The van der Waals surface area contributed by atoms with Crippen molar-refractivity contribution in [3.63, 3.8) is 0 Å². The number of benzene rings is 2. The lowest BCUT2D eigenvalue weighted by Crippen LogP contribution is -2.40. The Morgan fingerprint density at radius 1 is 1.20 bits per heavy atom. The summed E-state index contributed by atoms with van der Waals surface area (Å²) in [5.74, 6) is 0.702. The molecule has 10 heteroatoms. The molecule has 1 saturated heterocycles. The quantitative estimate of drug-likeness (QED) is 0.465. The van der Waals surface area contributed by atoms with E-state index in [1.165, 1.54) is 18.5 Å². The molecule has 0 bridgehead atoms. The van der Waals surface area contributed by atoms with Gasteiger partial charge >= 0.3 is 0 Å². The van der Waals surface area contributed by atoms with Gasteiger partial charge in [0.25, 0.3) is 0 Å². The number of hydrogen-bond donors (Lipinski definition) is 1. The van der Waals surface area contributed by atoms with Crippen LogP contribution in [0.3, 0.4) is 0 Å². The summed E-state index contributed by atoms with van der Waals surface area (Å²) in [5.41, 5.74) is 8.23. The number of anilines is 1. The van der Waals surface area contributed by atoms with Gasteiger partial charge < -0.3 is 15.4 Å². The zero-order valence-corrected chi connectivity index (χ0v) is 18.8. The fourth-order valence-electron chi connectivity index (χ4n) is 4.36. The van der Waals surface area contributed by atoms with Crippen LogP contribution in [0.25, 0.3) is 22.3 Å². The van der Waals surface area contributed by atoms with E-state index in [4.69, 9.17) is 20.8 Å². The van der Waals surface area contributed by atoms with E-state index < -0.39 is 0 Å². The smallest absolute Gasteiger partial charge is 0.236 e. The molecule has 0 spiro atoms. The topological polar surface area (TPSA) is 123 Å². The first kappa shape index (κ1) is 22.3. The number of carbonyl (C=O) groups excluding carboxylic acids is 1. The number of likely N-dealkylation sites (tertiary alicyclic amines) is 1. The van der Waals surface area contributed by atoms with Gasteiger partial charge in [-0.15, -0.1) is 0 Å². The van der Waals surface area contributed by atoms with E-state index in [1.54, 1.807) is 29.2 Å². The fourth-order valence-corrected chi connectivity index (χ4v) is 4.36. The SMILES string of the molecule is N#CCC(=O)N1CCC[C@@H](n2nc(-c3ccc(Oc4cccc(F)c4)cc3)c3c(N)ncnc32)C1. The molecule has 1 fully saturated rings. The van der Waals surface area contributed by atoms with E-state index in [0.29, 0.717) is 47.1 Å². The average Bonchev–Trinajstić information content (AvgIpc) is 3.26. The molecular formula is C25H22FN7O2. The van der Waals surface area contributed by atoms with Crippen LogP contribution in [0.5, 0.6) is 11.5 Å². The highest BCUT2D eigenvalue weighted by Gasteiger charge is 2.28. The summed E-state index contributed by atoms with van der Waals surface area (Å²) in [6, 6.07) is 15.0. The zero-order valence-electron chi connectivity index (χ0n) is 18.8. The number of fused-ring (bicyclic) bond motifs is 1. The molecule has 0 unspecified atom stereocenters. The van der Waals surface area contributed by atoms with E-state index in [2.05, 4.69) is 9.97 Å². The third-order valence-corrected chi connectivity index (χ3v) is 6.00. The number of carbonyl (C=O) groups is 1. The number of nitrogen functional groups attached to an aromatic ring is 1. The fraction of sp³-hybridized carbons (Fsp3) is 0.240. The summed E-state index contributed by atoms with van der Waals surface area (Å²) in [4.78, 5) is 22.6. The number of halogens is 1. The summed E-state index contributed by atoms with van der Waals surface area (Å²) >= 11 is 0. The van der Waals surface area contributed by atoms with Crippen molar-refractivity contribution in [1.29, 1.82) is 5.26 Å². The largest absolute Gasteiger partial charge is 0.457 e. The number of piperidine rings is 1. The van der Waals surface area contributed by atoms with Crippen LogP contribution in [0, 0.1) is 17.1 Å². The molecule has 2 aromatic heterocycles. The molecule has 4 aromatic rings. The maximum atomic E-state index is 13.5. The monoisotopic (exact) mass is 471 g/mol. The number of amides is 1. The van der Waals surface area contributed by atoms with Gasteiger partial charge in [0.15, 0.2) is 5.65 Å². The highest BCUT2D eigenvalue weighted by atomic mass is 19.1. The molecule has 3 heterocycles. The molecule has 2 aromatic carbocycles. The van der Waals surface area contributed by atoms with Crippen molar-refractivity contribution in [3.05, 3.63) is 60.7 Å². The van der Waals surface area contributed by atoms with E-state index >= 15 is 0 Å². The molecule has 1 aliphatic heterocycles. The molecule has 5 rings (SSSR count). The number of ether oxygens (including phenoxy) is 1. The molecule has 1 aliphatic rings. The molecule has 176 valence electrons. The summed E-state index contributed by atoms with van der Waals surface area (Å²) in [6.07, 6.45) is 2.87. The van der Waals surface area contributed by atoms with Crippen LogP contribution in [-0.4, -0.2) is 43.6 Å². The number of nitriles is 1. The molecule has 9 nitrogen and oxygen atoms in total. The lowest BCUT2D eigenvalue weighted by atomic mass is 10.1. The standard InChI is InChI=1S/C25H22FN7O2/c26-17-3-1-5-20(13-17)35-19-8-6-16(7-9-19)23-22-24(28)29-15-30-25(22)33(31-23)18-4-2-12-32(14-18)21(34)10-11-27/h1,3,5-9,13,15,18H,2,4,10,12,14H2,(H2,28,29,30)/t18-/m1/s1. The average molecular weight is 471 g/mol. The van der Waals surface area contributed by atoms with Crippen molar-refractivity contribution in [3.8, 4) is 28.8 Å². The zero-order chi connectivity index (χ0) is 24.4. The minimum absolute atomic E-state index is 0.104. The highest BCUT2D eigenvalue weighted by Crippen LogP contribution is 2.35. The van der Waals surface area contributed by atoms with Crippen molar-refractivity contribution in [2.45, 2.75) is 25.3 Å². The summed E-state index contributed by atoms with van der Waals surface area (Å²) in [7, 11) is 0. The van der Waals surface area contributed by atoms with Gasteiger partial charge in [-0.2, -0.15) is 10.4 Å². The van der Waals surface area contributed by atoms with Gasteiger partial charge in [0.2, 0.25) is 5.91 Å². The second kappa shape index (κ2) is 9.38. The van der Waals surface area contributed by atoms with E-state index in [-0.39, 0.29) is 24.2 Å². The molecular weight excluding hydrogens is 449 g/mol. The number of nitrogens with two attached hydrogens (primary N) is 1. The molecule has 1 atom stereocenters. The van der Waals surface area contributed by atoms with Crippen LogP contribution in [0.2, 0.25) is 0 Å². The van der Waals surface area contributed by atoms with Crippen LogP contribution in [0.4, 0.5) is 10.2 Å². The maximum Gasteiger partial charge on any atom is 0.236 e. The first-order chi connectivity index (χ1) is 17.0. The Bertz CT molecular complexity index is 1430. The van der Waals surface area contributed by atoms with Gasteiger partial charge in [0.05, 0.1) is 17.5 Å². The van der Waals surface area contributed by atoms with Crippen molar-refractivity contribution in [1.82, 2.24) is 24.6 Å². The molecule has 35 heavy (non-hydrogen) atoms. The van der Waals surface area contributed by atoms with Gasteiger partial charge in [-0.3, -0.25) is 4.79 Å². The van der Waals surface area contributed by atoms with Gasteiger partial charge in [0, 0.05) is 24.7 Å². The van der Waals surface area contributed by atoms with Crippen molar-refractivity contribution in [2.75, 3.05) is 18.8 Å². The summed E-state index contributed by atoms with van der Waals surface area (Å²) in [5, 5.41) is 14.4. The van der Waals surface area contributed by atoms with Gasteiger partial charge in [0.1, 0.15) is 41.6 Å². The normalized spacial score (nSPS) is 15.7. The van der Waals surface area contributed by atoms with Gasteiger partial charge in [-0.1, -0.05) is 6.07 Å². The van der Waals surface area contributed by atoms with E-state index in [0.717, 1.165) is 18.4 Å². The predicted molar refractivity (Wildman–Crippen MR) is 127 cm³/mol. The van der Waals surface area contributed by atoms with Gasteiger partial charge in [-0.25, -0.2) is 19.0 Å². The number of aromatic nitrogens is 4. The Morgan fingerprint density at radius 2 is 2.03 bits per heavy atom. The Balaban J connectivity index is 1.47. The van der Waals surface area contributed by atoms with Crippen LogP contribution < -0.4 is 10.5 Å². The minimum Gasteiger partial charge on any atom is -0.457 e. The van der Waals surface area contributed by atoms with Crippen LogP contribution in [0.1, 0.15) is 25.3 Å². The molecule has 0 saturated carbocycles. The van der Waals surface area contributed by atoms with Crippen LogP contribution in [-0.2, 0) is 4.79 Å².